The van der Waals surface area contributed by atoms with Crippen LogP contribution in [0.2, 0.25) is 0 Å². The fourth-order valence-electron chi connectivity index (χ4n) is 3.05. The van der Waals surface area contributed by atoms with Crippen molar-refractivity contribution in [2.24, 2.45) is 0 Å². The minimum atomic E-state index is 0.927. The lowest BCUT2D eigenvalue weighted by Gasteiger charge is -2.24. The molecule has 0 radical (unpaired) electrons. The Balaban J connectivity index is 2.27. The summed E-state index contributed by atoms with van der Waals surface area (Å²) in [7, 11) is 0. The number of rotatable bonds is 0. The number of allylic oxidation sites excluding steroid dienone is 3. The van der Waals surface area contributed by atoms with Crippen molar-refractivity contribution in [2.45, 2.75) is 12.8 Å². The zero-order chi connectivity index (χ0) is 11.4. The van der Waals surface area contributed by atoms with Crippen molar-refractivity contribution in [3.05, 3.63) is 53.1 Å². The predicted octanol–water partition coefficient (Wildman–Crippen LogP) is 3.78. The molecule has 2 aromatic carbocycles. The molecule has 0 saturated carbocycles. The van der Waals surface area contributed by atoms with E-state index in [9.17, 15) is 0 Å². The molecule has 0 amide bonds. The van der Waals surface area contributed by atoms with Crippen molar-refractivity contribution in [2.75, 3.05) is 5.73 Å². The third-order valence-corrected chi connectivity index (χ3v) is 3.87. The van der Waals surface area contributed by atoms with Gasteiger partial charge in [0.25, 0.3) is 0 Å². The van der Waals surface area contributed by atoms with Gasteiger partial charge in [-0.1, -0.05) is 36.4 Å². The Bertz CT molecular complexity index is 705. The summed E-state index contributed by atoms with van der Waals surface area (Å²) in [6.07, 6.45) is 8.84. The number of nitrogens with two attached hydrogens (primary N) is 1. The van der Waals surface area contributed by atoms with E-state index in [1.807, 2.05) is 6.07 Å². The van der Waals surface area contributed by atoms with Crippen LogP contribution in [-0.4, -0.2) is 0 Å². The van der Waals surface area contributed by atoms with E-state index in [2.05, 4.69) is 36.4 Å². The van der Waals surface area contributed by atoms with Crippen LogP contribution >= 0.6 is 0 Å². The third kappa shape index (κ3) is 1.09. The molecule has 2 aliphatic rings. The van der Waals surface area contributed by atoms with Gasteiger partial charge in [0.1, 0.15) is 0 Å². The smallest absolute Gasteiger partial charge is 0.0356 e. The Hall–Kier alpha value is -2.02. The van der Waals surface area contributed by atoms with Crippen LogP contribution in [0, 0.1) is 0 Å². The van der Waals surface area contributed by atoms with Crippen LogP contribution in [0.3, 0.4) is 0 Å². The standard InChI is InChI=1S/C16H13N/c17-14-9-7-12-5-4-10-2-1-3-11-6-8-13(14)16(12)15(10)11/h1-2,4-7,9H,3,8,17H2. The van der Waals surface area contributed by atoms with E-state index in [1.165, 1.54) is 33.0 Å². The van der Waals surface area contributed by atoms with Gasteiger partial charge in [-0.05, 0) is 51.9 Å². The SMILES string of the molecule is Nc1ccc2ccc3c4c2c1CC=C4CC=C3. The predicted molar refractivity (Wildman–Crippen MR) is 73.7 cm³/mol. The molecule has 2 aliphatic carbocycles. The Morgan fingerprint density at radius 2 is 1.88 bits per heavy atom. The van der Waals surface area contributed by atoms with Gasteiger partial charge in [0, 0.05) is 5.69 Å². The lowest BCUT2D eigenvalue weighted by molar-refractivity contribution is 1.23. The molecule has 0 bridgehead atoms. The highest BCUT2D eigenvalue weighted by molar-refractivity contribution is 6.04. The van der Waals surface area contributed by atoms with Gasteiger partial charge in [0.05, 0.1) is 0 Å². The van der Waals surface area contributed by atoms with E-state index >= 15 is 0 Å². The van der Waals surface area contributed by atoms with Crippen LogP contribution < -0.4 is 5.73 Å². The van der Waals surface area contributed by atoms with Gasteiger partial charge in [-0.25, -0.2) is 0 Å². The molecule has 0 heterocycles. The summed E-state index contributed by atoms with van der Waals surface area (Å²) >= 11 is 0. The summed E-state index contributed by atoms with van der Waals surface area (Å²) < 4.78 is 0. The van der Waals surface area contributed by atoms with Gasteiger partial charge < -0.3 is 5.73 Å². The summed E-state index contributed by atoms with van der Waals surface area (Å²) in [4.78, 5) is 0. The molecule has 2 aromatic rings. The summed E-state index contributed by atoms with van der Waals surface area (Å²) in [5, 5.41) is 2.69. The van der Waals surface area contributed by atoms with Crippen LogP contribution in [-0.2, 0) is 6.42 Å². The minimum Gasteiger partial charge on any atom is -0.398 e. The van der Waals surface area contributed by atoms with Gasteiger partial charge in [0.15, 0.2) is 0 Å². The highest BCUT2D eigenvalue weighted by Gasteiger charge is 2.20. The van der Waals surface area contributed by atoms with Crippen LogP contribution in [0.25, 0.3) is 22.4 Å². The Morgan fingerprint density at radius 1 is 1.00 bits per heavy atom. The fraction of sp³-hybridized carbons (Fsp3) is 0.125. The second-order valence-corrected chi connectivity index (χ2v) is 4.80. The van der Waals surface area contributed by atoms with E-state index in [0.717, 1.165) is 18.5 Å². The second kappa shape index (κ2) is 3.01. The average molecular weight is 219 g/mol. The monoisotopic (exact) mass is 219 g/mol. The van der Waals surface area contributed by atoms with Crippen molar-refractivity contribution in [1.29, 1.82) is 0 Å². The average Bonchev–Trinajstić information content (AvgIpc) is 2.38. The maximum Gasteiger partial charge on any atom is 0.0356 e. The van der Waals surface area contributed by atoms with E-state index in [4.69, 9.17) is 5.73 Å². The summed E-state index contributed by atoms with van der Waals surface area (Å²) in [5.74, 6) is 0. The fourth-order valence-corrected chi connectivity index (χ4v) is 3.05. The van der Waals surface area contributed by atoms with Crippen molar-refractivity contribution >= 4 is 28.1 Å². The Morgan fingerprint density at radius 3 is 2.82 bits per heavy atom. The van der Waals surface area contributed by atoms with Crippen molar-refractivity contribution in [3.8, 4) is 0 Å². The topological polar surface area (TPSA) is 26.0 Å². The van der Waals surface area contributed by atoms with Gasteiger partial charge in [0.2, 0.25) is 0 Å². The zero-order valence-electron chi connectivity index (χ0n) is 9.53. The van der Waals surface area contributed by atoms with Crippen molar-refractivity contribution in [1.82, 2.24) is 0 Å². The first-order chi connectivity index (χ1) is 8.34. The van der Waals surface area contributed by atoms with Gasteiger partial charge >= 0.3 is 0 Å². The lowest BCUT2D eigenvalue weighted by atomic mass is 9.81. The Labute approximate surface area is 100 Å². The normalized spacial score (nSPS) is 16.1. The van der Waals surface area contributed by atoms with Crippen LogP contribution in [0.15, 0.2) is 36.4 Å². The maximum atomic E-state index is 6.11. The zero-order valence-corrected chi connectivity index (χ0v) is 9.53. The molecule has 17 heavy (non-hydrogen) atoms. The molecular formula is C16H13N. The highest BCUT2D eigenvalue weighted by Crippen LogP contribution is 2.41. The van der Waals surface area contributed by atoms with Gasteiger partial charge in [-0.15, -0.1) is 0 Å². The quantitative estimate of drug-likeness (QED) is 0.670. The van der Waals surface area contributed by atoms with Crippen molar-refractivity contribution < 1.29 is 0 Å². The van der Waals surface area contributed by atoms with Crippen LogP contribution in [0.5, 0.6) is 0 Å². The van der Waals surface area contributed by atoms with Crippen LogP contribution in [0.1, 0.15) is 23.1 Å². The van der Waals surface area contributed by atoms with E-state index in [0.29, 0.717) is 0 Å². The molecular weight excluding hydrogens is 206 g/mol. The second-order valence-electron chi connectivity index (χ2n) is 4.80. The molecule has 1 nitrogen and oxygen atoms in total. The molecule has 82 valence electrons. The third-order valence-electron chi connectivity index (χ3n) is 3.87. The summed E-state index contributed by atoms with van der Waals surface area (Å²) in [5.41, 5.74) is 12.6. The van der Waals surface area contributed by atoms with E-state index < -0.39 is 0 Å². The first-order valence-corrected chi connectivity index (χ1v) is 6.04. The molecule has 0 unspecified atom stereocenters. The molecule has 0 spiro atoms. The molecule has 0 atom stereocenters. The van der Waals surface area contributed by atoms with Crippen molar-refractivity contribution in [3.63, 3.8) is 0 Å². The van der Waals surface area contributed by atoms with Crippen LogP contribution in [0.4, 0.5) is 5.69 Å². The molecule has 2 N–H and O–H groups in total. The number of benzene rings is 2. The number of anilines is 1. The van der Waals surface area contributed by atoms with Gasteiger partial charge in [-0.2, -0.15) is 0 Å². The molecule has 0 fully saturated rings. The number of hydrogen-bond acceptors (Lipinski definition) is 1. The first kappa shape index (κ1) is 9.06. The largest absolute Gasteiger partial charge is 0.398 e. The van der Waals surface area contributed by atoms with Gasteiger partial charge in [-0.3, -0.25) is 0 Å². The number of nitrogen functional groups attached to an aromatic ring is 1. The minimum absolute atomic E-state index is 0.927. The molecule has 0 saturated heterocycles. The molecule has 0 aliphatic heterocycles. The first-order valence-electron chi connectivity index (χ1n) is 6.04. The molecule has 0 aromatic heterocycles. The molecule has 1 heteroatoms. The van der Waals surface area contributed by atoms with E-state index in [-0.39, 0.29) is 0 Å². The lowest BCUT2D eigenvalue weighted by Crippen LogP contribution is -2.05. The Kier molecular flexibility index (Phi) is 1.60. The highest BCUT2D eigenvalue weighted by atomic mass is 14.6. The summed E-state index contributed by atoms with van der Waals surface area (Å²) in [6.45, 7) is 0. The maximum absolute atomic E-state index is 6.11. The van der Waals surface area contributed by atoms with E-state index in [1.54, 1.807) is 0 Å². The number of hydrogen-bond donors (Lipinski definition) is 1. The molecule has 4 rings (SSSR count). The summed E-state index contributed by atoms with van der Waals surface area (Å²) in [6, 6.07) is 8.58.